The molecule has 2 aliphatic rings. The number of hydrogen-bond donors (Lipinski definition) is 1. The van der Waals surface area contributed by atoms with Gasteiger partial charge in [-0.2, -0.15) is 0 Å². The Morgan fingerprint density at radius 3 is 2.66 bits per heavy atom. The van der Waals surface area contributed by atoms with Gasteiger partial charge in [-0.25, -0.2) is 4.79 Å². The lowest BCUT2D eigenvalue weighted by atomic mass is 9.99. The smallest absolute Gasteiger partial charge is 0.325 e. The summed E-state index contributed by atoms with van der Waals surface area (Å²) in [5.41, 5.74) is 4.70. The van der Waals surface area contributed by atoms with Crippen LogP contribution in [0.1, 0.15) is 52.0 Å². The van der Waals surface area contributed by atoms with Crippen LogP contribution in [-0.2, 0) is 23.2 Å². The van der Waals surface area contributed by atoms with Gasteiger partial charge in [0.25, 0.3) is 5.91 Å². The van der Waals surface area contributed by atoms with Crippen molar-refractivity contribution in [3.05, 3.63) is 76.5 Å². The van der Waals surface area contributed by atoms with E-state index in [9.17, 15) is 14.4 Å². The Bertz CT molecular complexity index is 1250. The highest BCUT2D eigenvalue weighted by Crippen LogP contribution is 2.30. The second kappa shape index (κ2) is 7.22. The third kappa shape index (κ3) is 2.99. The zero-order chi connectivity index (χ0) is 22.6. The summed E-state index contributed by atoms with van der Waals surface area (Å²) in [7, 11) is 0. The van der Waals surface area contributed by atoms with Gasteiger partial charge < -0.3 is 14.3 Å². The molecule has 5 rings (SSSR count). The van der Waals surface area contributed by atoms with E-state index in [1.807, 2.05) is 19.9 Å². The molecule has 164 valence electrons. The molecule has 0 radical (unpaired) electrons. The van der Waals surface area contributed by atoms with Crippen molar-refractivity contribution in [2.45, 2.75) is 45.6 Å². The molecule has 1 aliphatic carbocycles. The molecule has 1 saturated heterocycles. The Labute approximate surface area is 186 Å². The Morgan fingerprint density at radius 1 is 1.12 bits per heavy atom. The van der Waals surface area contributed by atoms with E-state index in [-0.39, 0.29) is 12.3 Å². The van der Waals surface area contributed by atoms with Gasteiger partial charge in [0.1, 0.15) is 5.76 Å². The second-order valence-corrected chi connectivity index (χ2v) is 8.77. The van der Waals surface area contributed by atoms with Gasteiger partial charge >= 0.3 is 6.03 Å². The molecule has 7 heteroatoms. The van der Waals surface area contributed by atoms with Crippen LogP contribution in [0.4, 0.5) is 4.79 Å². The van der Waals surface area contributed by atoms with Crippen molar-refractivity contribution in [3.8, 4) is 5.69 Å². The molecule has 1 aromatic carbocycles. The molecule has 2 aromatic heterocycles. The average Bonchev–Trinajstić information content (AvgIpc) is 3.53. The normalized spacial score (nSPS) is 20.0. The molecular weight excluding hydrogens is 406 g/mol. The van der Waals surface area contributed by atoms with Crippen molar-refractivity contribution in [3.63, 3.8) is 0 Å². The van der Waals surface area contributed by atoms with Crippen LogP contribution in [0, 0.1) is 13.8 Å². The molecule has 3 amide bonds. The fourth-order valence-corrected chi connectivity index (χ4v) is 4.94. The summed E-state index contributed by atoms with van der Waals surface area (Å²) in [6.45, 7) is 5.11. The number of fused-ring (bicyclic) bond motifs is 1. The molecule has 1 atom stereocenters. The highest BCUT2D eigenvalue weighted by atomic mass is 16.3. The molecule has 1 fully saturated rings. The van der Waals surface area contributed by atoms with Gasteiger partial charge in [0.15, 0.2) is 11.3 Å². The SMILES string of the molecule is Cc1cc(C(=O)CN2C(=O)N[C@@](C)(c3ccco3)C2=O)c(C)n1-c1ccc2c(c1)CCC2. The number of Topliss-reactive ketones (excluding diaryl/α,β-unsaturated/α-hetero) is 1. The van der Waals surface area contributed by atoms with E-state index in [1.165, 1.54) is 23.8 Å². The Hall–Kier alpha value is -3.61. The van der Waals surface area contributed by atoms with E-state index in [1.54, 1.807) is 19.1 Å². The summed E-state index contributed by atoms with van der Waals surface area (Å²) in [6.07, 6.45) is 4.82. The number of aryl methyl sites for hydroxylation is 3. The molecular formula is C25H25N3O4. The first kappa shape index (κ1) is 20.3. The maximum atomic E-state index is 13.2. The van der Waals surface area contributed by atoms with Gasteiger partial charge in [-0.15, -0.1) is 0 Å². The van der Waals surface area contributed by atoms with E-state index in [4.69, 9.17) is 4.42 Å². The van der Waals surface area contributed by atoms with Crippen LogP contribution in [0.25, 0.3) is 5.69 Å². The van der Waals surface area contributed by atoms with Gasteiger partial charge in [0.2, 0.25) is 0 Å². The summed E-state index contributed by atoms with van der Waals surface area (Å²) in [5, 5.41) is 2.66. The number of hydrogen-bond acceptors (Lipinski definition) is 4. The second-order valence-electron chi connectivity index (χ2n) is 8.77. The number of carbonyl (C=O) groups is 3. The van der Waals surface area contributed by atoms with Crippen LogP contribution < -0.4 is 5.32 Å². The number of nitrogens with one attached hydrogen (secondary N) is 1. The molecule has 3 heterocycles. The monoisotopic (exact) mass is 431 g/mol. The fourth-order valence-electron chi connectivity index (χ4n) is 4.94. The lowest BCUT2D eigenvalue weighted by Crippen LogP contribution is -2.41. The van der Waals surface area contributed by atoms with Gasteiger partial charge in [-0.1, -0.05) is 6.07 Å². The van der Waals surface area contributed by atoms with E-state index < -0.39 is 17.5 Å². The summed E-state index contributed by atoms with van der Waals surface area (Å²) in [6, 6.07) is 11.0. The number of amides is 3. The zero-order valence-electron chi connectivity index (χ0n) is 18.4. The van der Waals surface area contributed by atoms with Crippen molar-refractivity contribution in [1.82, 2.24) is 14.8 Å². The number of furan rings is 1. The number of nitrogens with zero attached hydrogens (tertiary/aromatic N) is 2. The predicted molar refractivity (Wildman–Crippen MR) is 118 cm³/mol. The van der Waals surface area contributed by atoms with Crippen LogP contribution >= 0.6 is 0 Å². The quantitative estimate of drug-likeness (QED) is 0.492. The molecule has 32 heavy (non-hydrogen) atoms. The summed E-state index contributed by atoms with van der Waals surface area (Å²) in [5.74, 6) is -0.448. The minimum absolute atomic E-state index is 0.280. The molecule has 1 aliphatic heterocycles. The van der Waals surface area contributed by atoms with E-state index >= 15 is 0 Å². The van der Waals surface area contributed by atoms with Crippen LogP contribution in [0.5, 0.6) is 0 Å². The molecule has 1 N–H and O–H groups in total. The van der Waals surface area contributed by atoms with Crippen LogP contribution in [0.15, 0.2) is 47.1 Å². The van der Waals surface area contributed by atoms with Crippen LogP contribution in [0.2, 0.25) is 0 Å². The Balaban J connectivity index is 1.42. The number of carbonyl (C=O) groups excluding carboxylic acids is 3. The molecule has 0 unspecified atom stereocenters. The van der Waals surface area contributed by atoms with E-state index in [2.05, 4.69) is 28.1 Å². The van der Waals surface area contributed by atoms with Crippen molar-refractivity contribution in [2.75, 3.05) is 6.54 Å². The highest BCUT2D eigenvalue weighted by molar-refractivity contribution is 6.11. The first-order chi connectivity index (χ1) is 15.3. The third-order valence-corrected chi connectivity index (χ3v) is 6.66. The fraction of sp³-hybridized carbons (Fsp3) is 0.320. The topological polar surface area (TPSA) is 84.6 Å². The number of ketones is 1. The lowest BCUT2D eigenvalue weighted by Gasteiger charge is -2.18. The summed E-state index contributed by atoms with van der Waals surface area (Å²) >= 11 is 0. The number of rotatable bonds is 5. The number of benzene rings is 1. The predicted octanol–water partition coefficient (Wildman–Crippen LogP) is 3.83. The standard InChI is InChI=1S/C25H25N3O4/c1-15-12-20(16(2)28(15)19-10-9-17-6-4-7-18(17)13-19)21(29)14-27-23(30)25(3,26-24(27)31)22-8-5-11-32-22/h5,8-13H,4,6-7,14H2,1-3H3,(H,26,31)/t25-/m0/s1. The number of aromatic nitrogens is 1. The Morgan fingerprint density at radius 2 is 1.91 bits per heavy atom. The van der Waals surface area contributed by atoms with Crippen molar-refractivity contribution >= 4 is 17.7 Å². The number of urea groups is 1. The average molecular weight is 431 g/mol. The zero-order valence-corrected chi connectivity index (χ0v) is 18.4. The van der Waals surface area contributed by atoms with Crippen LogP contribution in [0.3, 0.4) is 0 Å². The van der Waals surface area contributed by atoms with Crippen molar-refractivity contribution in [1.29, 1.82) is 0 Å². The van der Waals surface area contributed by atoms with Crippen molar-refractivity contribution < 1.29 is 18.8 Å². The maximum absolute atomic E-state index is 13.2. The molecule has 0 saturated carbocycles. The van der Waals surface area contributed by atoms with Gasteiger partial charge in [0.05, 0.1) is 12.8 Å². The first-order valence-electron chi connectivity index (χ1n) is 10.8. The number of imide groups is 1. The Kier molecular flexibility index (Phi) is 4.58. The first-order valence-corrected chi connectivity index (χ1v) is 10.8. The minimum Gasteiger partial charge on any atom is -0.466 e. The van der Waals surface area contributed by atoms with Crippen LogP contribution in [-0.4, -0.2) is 33.7 Å². The maximum Gasteiger partial charge on any atom is 0.325 e. The lowest BCUT2D eigenvalue weighted by molar-refractivity contribution is -0.131. The van der Waals surface area contributed by atoms with Gasteiger partial charge in [-0.3, -0.25) is 14.5 Å². The molecule has 0 spiro atoms. The minimum atomic E-state index is -1.32. The largest absolute Gasteiger partial charge is 0.466 e. The van der Waals surface area contributed by atoms with Crippen molar-refractivity contribution in [2.24, 2.45) is 0 Å². The molecule has 3 aromatic rings. The summed E-state index contributed by atoms with van der Waals surface area (Å²) in [4.78, 5) is 39.7. The summed E-state index contributed by atoms with van der Waals surface area (Å²) < 4.78 is 7.41. The molecule has 7 nitrogen and oxygen atoms in total. The van der Waals surface area contributed by atoms with E-state index in [0.29, 0.717) is 11.3 Å². The third-order valence-electron chi connectivity index (χ3n) is 6.66. The van der Waals surface area contributed by atoms with Gasteiger partial charge in [-0.05, 0) is 81.5 Å². The molecule has 0 bridgehead atoms. The van der Waals surface area contributed by atoms with Gasteiger partial charge in [0, 0.05) is 22.6 Å². The van der Waals surface area contributed by atoms with E-state index in [0.717, 1.165) is 34.8 Å². The highest BCUT2D eigenvalue weighted by Gasteiger charge is 2.51.